The first-order valence-corrected chi connectivity index (χ1v) is 8.53. The molecule has 1 aromatic heterocycles. The highest BCUT2D eigenvalue weighted by atomic mass is 16.2. The highest BCUT2D eigenvalue weighted by molar-refractivity contribution is 5.87. The molecule has 0 aliphatic heterocycles. The zero-order valence-electron chi connectivity index (χ0n) is 15.4. The Morgan fingerprint density at radius 2 is 2.04 bits per heavy atom. The van der Waals surface area contributed by atoms with E-state index in [9.17, 15) is 9.59 Å². The average Bonchev–Trinajstić information content (AvgIpc) is 3.11. The summed E-state index contributed by atoms with van der Waals surface area (Å²) in [4.78, 5) is 26.9. The van der Waals surface area contributed by atoms with Crippen LogP contribution in [0.4, 0.5) is 0 Å². The molecule has 1 N–H and O–H groups in total. The van der Waals surface area contributed by atoms with Crippen molar-refractivity contribution >= 4 is 11.8 Å². The van der Waals surface area contributed by atoms with E-state index in [1.165, 1.54) is 0 Å². The first-order valence-electron chi connectivity index (χ1n) is 8.53. The summed E-state index contributed by atoms with van der Waals surface area (Å²) in [6.45, 7) is 7.39. The number of aryl methyl sites for hydroxylation is 1. The van der Waals surface area contributed by atoms with Crippen LogP contribution in [0.2, 0.25) is 0 Å². The van der Waals surface area contributed by atoms with Crippen LogP contribution < -0.4 is 5.32 Å². The predicted octanol–water partition coefficient (Wildman–Crippen LogP) is 1.32. The standard InChI is InChI=1S/C17H29N5O2/c1-16(2)13(14(23)21(4)5)7-8-17(16,3)15(24)18-9-6-11-22-12-10-19-20-22/h10,12-13H,6-9,11H2,1-5H3,(H,18,24)/t13-,17+/m0/s1. The fraction of sp³-hybridized carbons (Fsp3) is 0.765. The van der Waals surface area contributed by atoms with Crippen LogP contribution in [-0.2, 0) is 16.1 Å². The van der Waals surface area contributed by atoms with E-state index in [4.69, 9.17) is 0 Å². The lowest BCUT2D eigenvalue weighted by Gasteiger charge is -2.40. The van der Waals surface area contributed by atoms with Crippen molar-refractivity contribution in [2.45, 2.75) is 46.6 Å². The lowest BCUT2D eigenvalue weighted by molar-refractivity contribution is -0.142. The number of carbonyl (C=O) groups excluding carboxylic acids is 2. The minimum absolute atomic E-state index is 0.0418. The predicted molar refractivity (Wildman–Crippen MR) is 91.0 cm³/mol. The summed E-state index contributed by atoms with van der Waals surface area (Å²) >= 11 is 0. The first kappa shape index (κ1) is 18.4. The van der Waals surface area contributed by atoms with Gasteiger partial charge in [0.25, 0.3) is 0 Å². The summed E-state index contributed by atoms with van der Waals surface area (Å²) < 4.78 is 1.75. The highest BCUT2D eigenvalue weighted by Crippen LogP contribution is 2.56. The molecule has 0 saturated heterocycles. The van der Waals surface area contributed by atoms with Crippen molar-refractivity contribution in [1.29, 1.82) is 0 Å². The highest BCUT2D eigenvalue weighted by Gasteiger charge is 2.58. The first-order chi connectivity index (χ1) is 11.2. The summed E-state index contributed by atoms with van der Waals surface area (Å²) in [7, 11) is 3.55. The maximum absolute atomic E-state index is 12.8. The molecular weight excluding hydrogens is 306 g/mol. The third-order valence-electron chi connectivity index (χ3n) is 5.79. The van der Waals surface area contributed by atoms with Crippen LogP contribution in [0.5, 0.6) is 0 Å². The van der Waals surface area contributed by atoms with Gasteiger partial charge in [0, 0.05) is 39.3 Å². The van der Waals surface area contributed by atoms with Gasteiger partial charge >= 0.3 is 0 Å². The van der Waals surface area contributed by atoms with Crippen LogP contribution in [0.15, 0.2) is 12.4 Å². The Morgan fingerprint density at radius 1 is 1.33 bits per heavy atom. The van der Waals surface area contributed by atoms with Crippen molar-refractivity contribution < 1.29 is 9.59 Å². The fourth-order valence-electron chi connectivity index (χ4n) is 3.64. The summed E-state index contributed by atoms with van der Waals surface area (Å²) in [6.07, 6.45) is 5.74. The fourth-order valence-corrected chi connectivity index (χ4v) is 3.64. The van der Waals surface area contributed by atoms with Gasteiger partial charge < -0.3 is 10.2 Å². The van der Waals surface area contributed by atoms with Gasteiger partial charge in [0.05, 0.1) is 11.6 Å². The number of carbonyl (C=O) groups is 2. The smallest absolute Gasteiger partial charge is 0.226 e. The van der Waals surface area contributed by atoms with E-state index >= 15 is 0 Å². The lowest BCUT2D eigenvalue weighted by atomic mass is 9.65. The SMILES string of the molecule is CN(C)C(=O)[C@@H]1CC[C@](C)(C(=O)NCCCn2ccnn2)C1(C)C. The van der Waals surface area contributed by atoms with Crippen molar-refractivity contribution in [1.82, 2.24) is 25.2 Å². The van der Waals surface area contributed by atoms with Gasteiger partial charge in [-0.15, -0.1) is 5.10 Å². The van der Waals surface area contributed by atoms with Gasteiger partial charge in [-0.3, -0.25) is 14.3 Å². The van der Waals surface area contributed by atoms with Crippen LogP contribution >= 0.6 is 0 Å². The van der Waals surface area contributed by atoms with E-state index in [0.717, 1.165) is 25.8 Å². The molecule has 1 heterocycles. The van der Waals surface area contributed by atoms with Gasteiger partial charge in [-0.05, 0) is 24.7 Å². The molecule has 2 amide bonds. The Kier molecular flexibility index (Phi) is 5.30. The molecule has 0 aromatic carbocycles. The number of hydrogen-bond donors (Lipinski definition) is 1. The van der Waals surface area contributed by atoms with Gasteiger partial charge in [0.2, 0.25) is 11.8 Å². The van der Waals surface area contributed by atoms with E-state index in [1.54, 1.807) is 36.1 Å². The third-order valence-corrected chi connectivity index (χ3v) is 5.79. The molecule has 0 bridgehead atoms. The molecule has 0 radical (unpaired) electrons. The van der Waals surface area contributed by atoms with Crippen molar-refractivity contribution in [2.75, 3.05) is 20.6 Å². The Bertz CT molecular complexity index is 582. The van der Waals surface area contributed by atoms with Gasteiger partial charge in [-0.1, -0.05) is 26.0 Å². The molecule has 0 unspecified atom stereocenters. The van der Waals surface area contributed by atoms with Crippen LogP contribution in [-0.4, -0.2) is 52.3 Å². The molecule has 2 atom stereocenters. The van der Waals surface area contributed by atoms with Crippen LogP contribution in [0.1, 0.15) is 40.0 Å². The largest absolute Gasteiger partial charge is 0.356 e. The normalized spacial score (nSPS) is 25.5. The van der Waals surface area contributed by atoms with E-state index in [0.29, 0.717) is 6.54 Å². The molecule has 1 saturated carbocycles. The van der Waals surface area contributed by atoms with Crippen molar-refractivity contribution in [3.63, 3.8) is 0 Å². The summed E-state index contributed by atoms with van der Waals surface area (Å²) in [5, 5.41) is 10.7. The van der Waals surface area contributed by atoms with Crippen molar-refractivity contribution in [2.24, 2.45) is 16.7 Å². The van der Waals surface area contributed by atoms with Crippen LogP contribution in [0.3, 0.4) is 0 Å². The quantitative estimate of drug-likeness (QED) is 0.795. The number of hydrogen-bond acceptors (Lipinski definition) is 4. The Balaban J connectivity index is 1.94. The number of rotatable bonds is 6. The molecule has 1 aliphatic rings. The third kappa shape index (κ3) is 3.30. The molecule has 0 spiro atoms. The molecular formula is C17H29N5O2. The van der Waals surface area contributed by atoms with E-state index in [2.05, 4.69) is 15.6 Å². The second-order valence-electron chi connectivity index (χ2n) is 7.65. The monoisotopic (exact) mass is 335 g/mol. The number of amides is 2. The Hall–Kier alpha value is -1.92. The molecule has 24 heavy (non-hydrogen) atoms. The molecule has 134 valence electrons. The zero-order valence-corrected chi connectivity index (χ0v) is 15.4. The molecule has 7 heteroatoms. The minimum Gasteiger partial charge on any atom is -0.356 e. The molecule has 1 fully saturated rings. The van der Waals surface area contributed by atoms with Crippen LogP contribution in [0.25, 0.3) is 0 Å². The molecule has 7 nitrogen and oxygen atoms in total. The summed E-state index contributed by atoms with van der Waals surface area (Å²) in [5.74, 6) is 0.0428. The van der Waals surface area contributed by atoms with E-state index in [1.807, 2.05) is 20.8 Å². The van der Waals surface area contributed by atoms with Crippen molar-refractivity contribution in [3.05, 3.63) is 12.4 Å². The summed E-state index contributed by atoms with van der Waals surface area (Å²) in [6, 6.07) is 0. The molecule has 1 aromatic rings. The summed E-state index contributed by atoms with van der Waals surface area (Å²) in [5.41, 5.74) is -0.902. The van der Waals surface area contributed by atoms with Gasteiger partial charge in [0.15, 0.2) is 0 Å². The van der Waals surface area contributed by atoms with Crippen LogP contribution in [0, 0.1) is 16.7 Å². The maximum atomic E-state index is 12.8. The van der Waals surface area contributed by atoms with Crippen molar-refractivity contribution in [3.8, 4) is 0 Å². The second kappa shape index (κ2) is 6.91. The Morgan fingerprint density at radius 3 is 2.62 bits per heavy atom. The topological polar surface area (TPSA) is 80.1 Å². The van der Waals surface area contributed by atoms with Gasteiger partial charge in [-0.25, -0.2) is 0 Å². The number of aromatic nitrogens is 3. The Labute approximate surface area is 143 Å². The maximum Gasteiger partial charge on any atom is 0.226 e. The second-order valence-corrected chi connectivity index (χ2v) is 7.65. The zero-order chi connectivity index (χ0) is 18.0. The number of nitrogens with one attached hydrogen (secondary N) is 1. The lowest BCUT2D eigenvalue weighted by Crippen LogP contribution is -2.49. The number of nitrogens with zero attached hydrogens (tertiary/aromatic N) is 4. The average molecular weight is 335 g/mol. The van der Waals surface area contributed by atoms with Gasteiger partial charge in [0.1, 0.15) is 0 Å². The molecule has 1 aliphatic carbocycles. The molecule has 2 rings (SSSR count). The van der Waals surface area contributed by atoms with Gasteiger partial charge in [-0.2, -0.15) is 0 Å². The minimum atomic E-state index is -0.531. The van der Waals surface area contributed by atoms with E-state index < -0.39 is 5.41 Å². The van der Waals surface area contributed by atoms with E-state index in [-0.39, 0.29) is 23.1 Å².